The zero-order valence-corrected chi connectivity index (χ0v) is 18.8. The minimum absolute atomic E-state index is 0.0644. The van der Waals surface area contributed by atoms with Gasteiger partial charge in [-0.25, -0.2) is 9.37 Å². The molecule has 3 heterocycles. The Balaban J connectivity index is 1.33. The number of likely N-dealkylation sites (tertiary alicyclic amines) is 1. The lowest BCUT2D eigenvalue weighted by Gasteiger charge is -2.40. The number of halogens is 1. The average molecular weight is 455 g/mol. The number of pyridine rings is 1. The summed E-state index contributed by atoms with van der Waals surface area (Å²) in [6, 6.07) is 11.6. The Hall–Kier alpha value is -3.00. The van der Waals surface area contributed by atoms with Crippen LogP contribution in [0.15, 0.2) is 48.7 Å². The summed E-state index contributed by atoms with van der Waals surface area (Å²) in [5.74, 6) is -0.0682. The third kappa shape index (κ3) is 6.07. The van der Waals surface area contributed by atoms with Crippen molar-refractivity contribution in [2.75, 3.05) is 50.7 Å². The molecule has 2 saturated heterocycles. The minimum atomic E-state index is -0.785. The van der Waals surface area contributed by atoms with E-state index in [1.54, 1.807) is 4.90 Å². The van der Waals surface area contributed by atoms with Crippen molar-refractivity contribution in [1.82, 2.24) is 14.8 Å². The van der Waals surface area contributed by atoms with E-state index in [2.05, 4.69) is 14.8 Å². The molecule has 2 aliphatic heterocycles. The summed E-state index contributed by atoms with van der Waals surface area (Å²) in [4.78, 5) is 35.3. The zero-order chi connectivity index (χ0) is 23.2. The average Bonchev–Trinajstić information content (AvgIpc) is 2.84. The third-order valence-corrected chi connectivity index (χ3v) is 6.87. The molecule has 2 fully saturated rings. The first kappa shape index (κ1) is 23.2. The number of aromatic nitrogens is 1. The van der Waals surface area contributed by atoms with Gasteiger partial charge in [-0.05, 0) is 67.6 Å². The highest BCUT2D eigenvalue weighted by molar-refractivity contribution is 5.94. The van der Waals surface area contributed by atoms with Crippen molar-refractivity contribution in [1.29, 1.82) is 0 Å². The highest BCUT2D eigenvalue weighted by atomic mass is 19.1. The van der Waals surface area contributed by atoms with Crippen LogP contribution >= 0.6 is 0 Å². The number of rotatable bonds is 7. The fraction of sp³-hybridized carbons (Fsp3) is 0.480. The van der Waals surface area contributed by atoms with E-state index in [1.165, 1.54) is 24.3 Å². The summed E-state index contributed by atoms with van der Waals surface area (Å²) in [6.07, 6.45) is 3.48. The van der Waals surface area contributed by atoms with Gasteiger partial charge in [0.1, 0.15) is 11.6 Å². The Kier molecular flexibility index (Phi) is 7.54. The summed E-state index contributed by atoms with van der Waals surface area (Å²) >= 11 is 0. The van der Waals surface area contributed by atoms with Crippen LogP contribution in [0.25, 0.3) is 0 Å². The van der Waals surface area contributed by atoms with Gasteiger partial charge < -0.3 is 14.9 Å². The van der Waals surface area contributed by atoms with E-state index in [4.69, 9.17) is 0 Å². The van der Waals surface area contributed by atoms with Gasteiger partial charge >= 0.3 is 5.97 Å². The standard InChI is InChI=1S/C25H31FN4O3/c26-22-6-4-19(5-7-22)25(33)30-12-9-20(17-24(31)32)21(18-30)8-11-28-13-15-29(16-14-28)23-3-1-2-10-27-23/h1-7,10,20-21H,8-9,11-18H2,(H,31,32)/t20-,21+/m0/s1. The summed E-state index contributed by atoms with van der Waals surface area (Å²) in [7, 11) is 0. The molecule has 2 atom stereocenters. The molecule has 0 bridgehead atoms. The molecule has 0 unspecified atom stereocenters. The maximum absolute atomic E-state index is 13.2. The van der Waals surface area contributed by atoms with Crippen molar-refractivity contribution in [3.63, 3.8) is 0 Å². The first-order valence-electron chi connectivity index (χ1n) is 11.6. The Morgan fingerprint density at radius 1 is 1.00 bits per heavy atom. The van der Waals surface area contributed by atoms with Gasteiger partial charge in [0.2, 0.25) is 0 Å². The van der Waals surface area contributed by atoms with Crippen LogP contribution in [-0.2, 0) is 4.79 Å². The summed E-state index contributed by atoms with van der Waals surface area (Å²) in [5.41, 5.74) is 0.470. The van der Waals surface area contributed by atoms with Crippen LogP contribution in [0.5, 0.6) is 0 Å². The summed E-state index contributed by atoms with van der Waals surface area (Å²) < 4.78 is 13.2. The maximum Gasteiger partial charge on any atom is 0.303 e. The van der Waals surface area contributed by atoms with E-state index in [0.29, 0.717) is 25.1 Å². The zero-order valence-electron chi connectivity index (χ0n) is 18.8. The predicted octanol–water partition coefficient (Wildman–Crippen LogP) is 2.99. The number of carboxylic acids is 1. The minimum Gasteiger partial charge on any atom is -0.481 e. The molecule has 8 heteroatoms. The van der Waals surface area contributed by atoms with Gasteiger partial charge in [0.25, 0.3) is 5.91 Å². The van der Waals surface area contributed by atoms with Crippen molar-refractivity contribution < 1.29 is 19.1 Å². The number of hydrogen-bond donors (Lipinski definition) is 1. The van der Waals surface area contributed by atoms with Crippen LogP contribution in [-0.4, -0.2) is 77.6 Å². The molecule has 176 valence electrons. The second-order valence-corrected chi connectivity index (χ2v) is 8.97. The van der Waals surface area contributed by atoms with Gasteiger partial charge in [0.05, 0.1) is 0 Å². The maximum atomic E-state index is 13.2. The number of benzene rings is 1. The highest BCUT2D eigenvalue weighted by Crippen LogP contribution is 2.30. The Bertz CT molecular complexity index is 932. The molecule has 1 N–H and O–H groups in total. The molecule has 1 amide bonds. The van der Waals surface area contributed by atoms with Gasteiger partial charge in [-0.1, -0.05) is 6.07 Å². The Morgan fingerprint density at radius 3 is 2.42 bits per heavy atom. The van der Waals surface area contributed by atoms with Gasteiger partial charge in [0, 0.05) is 57.4 Å². The van der Waals surface area contributed by atoms with Crippen LogP contribution in [0, 0.1) is 17.7 Å². The Morgan fingerprint density at radius 2 is 1.76 bits per heavy atom. The van der Waals surface area contributed by atoms with Crippen LogP contribution in [0.2, 0.25) is 0 Å². The van der Waals surface area contributed by atoms with Crippen LogP contribution in [0.3, 0.4) is 0 Å². The number of amides is 1. The molecule has 0 spiro atoms. The van der Waals surface area contributed by atoms with Crippen molar-refractivity contribution in [3.05, 3.63) is 60.0 Å². The van der Waals surface area contributed by atoms with Gasteiger partial charge in [0.15, 0.2) is 0 Å². The fourth-order valence-electron chi connectivity index (χ4n) is 4.95. The lowest BCUT2D eigenvalue weighted by Crippen LogP contribution is -2.49. The lowest BCUT2D eigenvalue weighted by molar-refractivity contribution is -0.139. The number of piperidine rings is 1. The fourth-order valence-corrected chi connectivity index (χ4v) is 4.95. The molecule has 2 aliphatic rings. The predicted molar refractivity (Wildman–Crippen MR) is 124 cm³/mol. The number of anilines is 1. The number of carbonyl (C=O) groups excluding carboxylic acids is 1. The second-order valence-electron chi connectivity index (χ2n) is 8.97. The molecule has 33 heavy (non-hydrogen) atoms. The molecule has 4 rings (SSSR count). The van der Waals surface area contributed by atoms with E-state index in [9.17, 15) is 19.1 Å². The number of nitrogens with zero attached hydrogens (tertiary/aromatic N) is 4. The molecule has 7 nitrogen and oxygen atoms in total. The number of piperazine rings is 1. The molecular weight excluding hydrogens is 423 g/mol. The van der Waals surface area contributed by atoms with Crippen molar-refractivity contribution in [2.45, 2.75) is 19.3 Å². The van der Waals surface area contributed by atoms with Crippen molar-refractivity contribution in [3.8, 4) is 0 Å². The van der Waals surface area contributed by atoms with E-state index in [0.717, 1.165) is 45.0 Å². The first-order valence-corrected chi connectivity index (χ1v) is 11.6. The summed E-state index contributed by atoms with van der Waals surface area (Å²) in [6.45, 7) is 5.66. The quantitative estimate of drug-likeness (QED) is 0.693. The van der Waals surface area contributed by atoms with E-state index in [-0.39, 0.29) is 30.0 Å². The normalized spacial score (nSPS) is 21.7. The third-order valence-electron chi connectivity index (χ3n) is 6.87. The highest BCUT2D eigenvalue weighted by Gasteiger charge is 2.33. The lowest BCUT2D eigenvalue weighted by atomic mass is 9.81. The monoisotopic (exact) mass is 454 g/mol. The largest absolute Gasteiger partial charge is 0.481 e. The van der Waals surface area contributed by atoms with E-state index >= 15 is 0 Å². The number of hydrogen-bond acceptors (Lipinski definition) is 5. The van der Waals surface area contributed by atoms with E-state index in [1.807, 2.05) is 24.4 Å². The van der Waals surface area contributed by atoms with Crippen molar-refractivity contribution in [2.24, 2.45) is 11.8 Å². The van der Waals surface area contributed by atoms with Crippen LogP contribution in [0.4, 0.5) is 10.2 Å². The summed E-state index contributed by atoms with van der Waals surface area (Å²) in [5, 5.41) is 9.38. The van der Waals surface area contributed by atoms with Gasteiger partial charge in [-0.2, -0.15) is 0 Å². The topological polar surface area (TPSA) is 77.0 Å². The number of carboxylic acid groups (broad SMARTS) is 1. The molecule has 0 aliphatic carbocycles. The smallest absolute Gasteiger partial charge is 0.303 e. The second kappa shape index (κ2) is 10.7. The van der Waals surface area contributed by atoms with Gasteiger partial charge in [-0.15, -0.1) is 0 Å². The first-order chi connectivity index (χ1) is 16.0. The van der Waals surface area contributed by atoms with Crippen LogP contribution in [0.1, 0.15) is 29.6 Å². The number of aliphatic carboxylic acids is 1. The van der Waals surface area contributed by atoms with Gasteiger partial charge in [-0.3, -0.25) is 14.5 Å². The number of carbonyl (C=O) groups is 2. The molecule has 1 aromatic carbocycles. The van der Waals surface area contributed by atoms with Crippen LogP contribution < -0.4 is 4.90 Å². The molecule has 2 aromatic rings. The molecule has 1 aromatic heterocycles. The van der Waals surface area contributed by atoms with Crippen molar-refractivity contribution >= 4 is 17.7 Å². The SMILES string of the molecule is O=C(O)C[C@@H]1CCN(C(=O)c2ccc(F)cc2)C[C@H]1CCN1CCN(c2ccccn2)CC1. The molecule has 0 saturated carbocycles. The van der Waals surface area contributed by atoms with E-state index < -0.39 is 5.97 Å². The Labute approximate surface area is 193 Å². The molecular formula is C25H31FN4O3. The molecule has 0 radical (unpaired) electrons.